The molecule has 1 saturated heterocycles. The standard InChI is InChI=1S/C17H22N4O2S/c1-12-9-21(10-14(23-12)13-7-8-24-11-13)17(22)19-15-5-4-6-16(18-15)20(2)3/h4-8,11-12,14H,9-10H2,1-3H3,(H,18,19,22)/t12-,14-/m1/s1. The van der Waals surface area contributed by atoms with E-state index in [1.54, 1.807) is 22.3 Å². The number of thiophene rings is 1. The molecule has 0 aromatic carbocycles. The molecule has 0 spiro atoms. The first-order valence-corrected chi connectivity index (χ1v) is 8.85. The molecule has 1 fully saturated rings. The largest absolute Gasteiger partial charge is 0.367 e. The highest BCUT2D eigenvalue weighted by Crippen LogP contribution is 2.27. The van der Waals surface area contributed by atoms with E-state index < -0.39 is 0 Å². The lowest BCUT2D eigenvalue weighted by Crippen LogP contribution is -2.47. The predicted molar refractivity (Wildman–Crippen MR) is 96.8 cm³/mol. The van der Waals surface area contributed by atoms with Crippen molar-refractivity contribution in [2.45, 2.75) is 19.1 Å². The first kappa shape index (κ1) is 16.7. The van der Waals surface area contributed by atoms with E-state index in [4.69, 9.17) is 4.74 Å². The summed E-state index contributed by atoms with van der Waals surface area (Å²) in [5.74, 6) is 1.36. The second-order valence-electron chi connectivity index (χ2n) is 6.10. The van der Waals surface area contributed by atoms with Gasteiger partial charge in [-0.05, 0) is 41.4 Å². The maximum Gasteiger partial charge on any atom is 0.323 e. The van der Waals surface area contributed by atoms with Gasteiger partial charge in [0, 0.05) is 20.6 Å². The minimum Gasteiger partial charge on any atom is -0.367 e. The number of hydrogen-bond acceptors (Lipinski definition) is 5. The smallest absolute Gasteiger partial charge is 0.323 e. The Morgan fingerprint density at radius 3 is 2.92 bits per heavy atom. The summed E-state index contributed by atoms with van der Waals surface area (Å²) in [5.41, 5.74) is 1.12. The molecule has 128 valence electrons. The van der Waals surface area contributed by atoms with Crippen molar-refractivity contribution >= 4 is 29.0 Å². The van der Waals surface area contributed by atoms with E-state index in [-0.39, 0.29) is 18.2 Å². The van der Waals surface area contributed by atoms with Crippen LogP contribution in [-0.4, -0.2) is 49.2 Å². The van der Waals surface area contributed by atoms with E-state index in [1.807, 2.05) is 49.5 Å². The second kappa shape index (κ2) is 7.19. The Labute approximate surface area is 146 Å². The summed E-state index contributed by atoms with van der Waals surface area (Å²) < 4.78 is 5.97. The quantitative estimate of drug-likeness (QED) is 0.927. The Balaban J connectivity index is 1.69. The number of nitrogens with zero attached hydrogens (tertiary/aromatic N) is 3. The van der Waals surface area contributed by atoms with Gasteiger partial charge in [-0.1, -0.05) is 6.07 Å². The number of carbonyl (C=O) groups is 1. The minimum absolute atomic E-state index is 0.00420. The summed E-state index contributed by atoms with van der Waals surface area (Å²) in [7, 11) is 3.84. The van der Waals surface area contributed by atoms with Crippen LogP contribution < -0.4 is 10.2 Å². The monoisotopic (exact) mass is 346 g/mol. The Kier molecular flexibility index (Phi) is 5.01. The van der Waals surface area contributed by atoms with Crippen LogP contribution in [0.4, 0.5) is 16.4 Å². The molecule has 1 N–H and O–H groups in total. The molecule has 0 aliphatic carbocycles. The van der Waals surface area contributed by atoms with Gasteiger partial charge in [0.2, 0.25) is 0 Å². The Morgan fingerprint density at radius 1 is 1.38 bits per heavy atom. The number of anilines is 2. The molecule has 1 aliphatic heterocycles. The molecule has 0 bridgehead atoms. The van der Waals surface area contributed by atoms with Gasteiger partial charge >= 0.3 is 6.03 Å². The Hall–Kier alpha value is -2.12. The van der Waals surface area contributed by atoms with Crippen molar-refractivity contribution in [2.24, 2.45) is 0 Å². The first-order valence-electron chi connectivity index (χ1n) is 7.91. The molecule has 6 nitrogen and oxygen atoms in total. The van der Waals surface area contributed by atoms with Gasteiger partial charge in [0.15, 0.2) is 0 Å². The fourth-order valence-corrected chi connectivity index (χ4v) is 3.39. The van der Waals surface area contributed by atoms with E-state index in [9.17, 15) is 4.79 Å². The molecule has 2 aromatic heterocycles. The number of ether oxygens (including phenoxy) is 1. The Bertz CT molecular complexity index is 690. The van der Waals surface area contributed by atoms with Gasteiger partial charge in [-0.2, -0.15) is 11.3 Å². The summed E-state index contributed by atoms with van der Waals surface area (Å²) in [4.78, 5) is 20.7. The maximum atomic E-state index is 12.6. The molecular weight excluding hydrogens is 324 g/mol. The van der Waals surface area contributed by atoms with Crippen molar-refractivity contribution in [3.63, 3.8) is 0 Å². The van der Waals surface area contributed by atoms with Crippen LogP contribution in [0.1, 0.15) is 18.6 Å². The summed E-state index contributed by atoms with van der Waals surface area (Å²) in [6, 6.07) is 7.48. The molecule has 7 heteroatoms. The molecule has 0 radical (unpaired) electrons. The van der Waals surface area contributed by atoms with Crippen molar-refractivity contribution in [3.05, 3.63) is 40.6 Å². The van der Waals surface area contributed by atoms with Crippen LogP contribution in [0.2, 0.25) is 0 Å². The summed E-state index contributed by atoms with van der Waals surface area (Å²) in [6.45, 7) is 3.10. The first-order chi connectivity index (χ1) is 11.5. The topological polar surface area (TPSA) is 57.7 Å². The number of nitrogens with one attached hydrogen (secondary N) is 1. The number of aromatic nitrogens is 1. The van der Waals surface area contributed by atoms with Crippen LogP contribution in [0.25, 0.3) is 0 Å². The van der Waals surface area contributed by atoms with Crippen LogP contribution in [0.15, 0.2) is 35.0 Å². The molecule has 0 unspecified atom stereocenters. The molecule has 2 amide bonds. The van der Waals surface area contributed by atoms with Crippen LogP contribution in [0, 0.1) is 0 Å². The number of rotatable bonds is 3. The molecule has 0 saturated carbocycles. The fraction of sp³-hybridized carbons (Fsp3) is 0.412. The normalized spacial score (nSPS) is 20.7. The van der Waals surface area contributed by atoms with Gasteiger partial charge in [0.05, 0.1) is 12.6 Å². The third-order valence-electron chi connectivity index (χ3n) is 3.89. The lowest BCUT2D eigenvalue weighted by Gasteiger charge is -2.36. The van der Waals surface area contributed by atoms with E-state index in [1.165, 1.54) is 0 Å². The van der Waals surface area contributed by atoms with E-state index in [0.717, 1.165) is 11.4 Å². The number of amides is 2. The number of pyridine rings is 1. The zero-order chi connectivity index (χ0) is 17.1. The summed E-state index contributed by atoms with van der Waals surface area (Å²) in [5, 5.41) is 6.99. The van der Waals surface area contributed by atoms with E-state index in [2.05, 4.69) is 15.7 Å². The van der Waals surface area contributed by atoms with Gasteiger partial charge in [0.25, 0.3) is 0 Å². The lowest BCUT2D eigenvalue weighted by atomic mass is 10.1. The summed E-state index contributed by atoms with van der Waals surface area (Å²) in [6.07, 6.45) is -0.0812. The SMILES string of the molecule is C[C@@H]1CN(C(=O)Nc2cccc(N(C)C)n2)C[C@H](c2ccsc2)O1. The van der Waals surface area contributed by atoms with Gasteiger partial charge in [0.1, 0.15) is 17.7 Å². The highest BCUT2D eigenvalue weighted by molar-refractivity contribution is 7.07. The molecule has 1 aliphatic rings. The molecule has 3 heterocycles. The fourth-order valence-electron chi connectivity index (χ4n) is 2.69. The van der Waals surface area contributed by atoms with Crippen LogP contribution >= 0.6 is 11.3 Å². The van der Waals surface area contributed by atoms with E-state index >= 15 is 0 Å². The lowest BCUT2D eigenvalue weighted by molar-refractivity contribution is -0.0640. The minimum atomic E-state index is -0.145. The third-order valence-corrected chi connectivity index (χ3v) is 4.59. The molecule has 2 aromatic rings. The van der Waals surface area contributed by atoms with Crippen molar-refractivity contribution < 1.29 is 9.53 Å². The predicted octanol–water partition coefficient (Wildman–Crippen LogP) is 3.20. The van der Waals surface area contributed by atoms with Crippen LogP contribution in [0.3, 0.4) is 0 Å². The zero-order valence-corrected chi connectivity index (χ0v) is 14.9. The number of carbonyl (C=O) groups excluding carboxylic acids is 1. The molecule has 2 atom stereocenters. The van der Waals surface area contributed by atoms with Crippen molar-refractivity contribution in [2.75, 3.05) is 37.4 Å². The number of urea groups is 1. The van der Waals surface area contributed by atoms with Gasteiger partial charge in [-0.25, -0.2) is 9.78 Å². The number of hydrogen-bond donors (Lipinski definition) is 1. The van der Waals surface area contributed by atoms with Crippen molar-refractivity contribution in [1.29, 1.82) is 0 Å². The van der Waals surface area contributed by atoms with Gasteiger partial charge < -0.3 is 14.5 Å². The highest BCUT2D eigenvalue weighted by atomic mass is 32.1. The van der Waals surface area contributed by atoms with Crippen LogP contribution in [0.5, 0.6) is 0 Å². The van der Waals surface area contributed by atoms with Crippen LogP contribution in [-0.2, 0) is 4.74 Å². The highest BCUT2D eigenvalue weighted by Gasteiger charge is 2.29. The van der Waals surface area contributed by atoms with Gasteiger partial charge in [-0.3, -0.25) is 5.32 Å². The molecule has 24 heavy (non-hydrogen) atoms. The zero-order valence-electron chi connectivity index (χ0n) is 14.1. The van der Waals surface area contributed by atoms with Crippen molar-refractivity contribution in [3.8, 4) is 0 Å². The van der Waals surface area contributed by atoms with Gasteiger partial charge in [-0.15, -0.1) is 0 Å². The third kappa shape index (κ3) is 3.85. The second-order valence-corrected chi connectivity index (χ2v) is 6.88. The molecular formula is C17H22N4O2S. The summed E-state index contributed by atoms with van der Waals surface area (Å²) >= 11 is 1.64. The molecule has 3 rings (SSSR count). The van der Waals surface area contributed by atoms with Crippen molar-refractivity contribution in [1.82, 2.24) is 9.88 Å². The average Bonchev–Trinajstić information content (AvgIpc) is 3.09. The van der Waals surface area contributed by atoms with E-state index in [0.29, 0.717) is 18.9 Å². The maximum absolute atomic E-state index is 12.6. The number of morpholine rings is 1. The average molecular weight is 346 g/mol. The Morgan fingerprint density at radius 2 is 2.21 bits per heavy atom.